The summed E-state index contributed by atoms with van der Waals surface area (Å²) in [7, 11) is 1.77. The van der Waals surface area contributed by atoms with Gasteiger partial charge >= 0.3 is 0 Å². The van der Waals surface area contributed by atoms with Crippen LogP contribution in [0.4, 0.5) is 5.69 Å². The maximum absolute atomic E-state index is 12.0. The van der Waals surface area contributed by atoms with Crippen molar-refractivity contribution in [3.8, 4) is 0 Å². The summed E-state index contributed by atoms with van der Waals surface area (Å²) in [5, 5.41) is 3.21. The molecular weight excluding hydrogens is 228 g/mol. The van der Waals surface area contributed by atoms with Crippen LogP contribution in [0.25, 0.3) is 0 Å². The fourth-order valence-corrected chi connectivity index (χ4v) is 2.27. The summed E-state index contributed by atoms with van der Waals surface area (Å²) in [6, 6.07) is 6.07. The number of hydrogen-bond acceptors (Lipinski definition) is 3. The third-order valence-corrected chi connectivity index (χ3v) is 3.61. The largest absolute Gasteiger partial charge is 0.315 e. The first-order chi connectivity index (χ1) is 8.65. The van der Waals surface area contributed by atoms with Gasteiger partial charge in [-0.2, -0.15) is 0 Å². The molecule has 1 aliphatic carbocycles. The number of hydrogen-bond donors (Lipinski definition) is 1. The van der Waals surface area contributed by atoms with Crippen LogP contribution in [0.5, 0.6) is 0 Å². The lowest BCUT2D eigenvalue weighted by Crippen LogP contribution is -2.24. The SMILES string of the molecule is CN1C(=O)Cc2cc(C(=O)CNC3CC3)ccc21. The number of nitrogens with zero attached hydrogens (tertiary/aromatic N) is 1. The van der Waals surface area contributed by atoms with E-state index in [4.69, 9.17) is 0 Å². The van der Waals surface area contributed by atoms with Gasteiger partial charge in [-0.15, -0.1) is 0 Å². The van der Waals surface area contributed by atoms with E-state index in [0.29, 0.717) is 24.6 Å². The first-order valence-corrected chi connectivity index (χ1v) is 6.31. The van der Waals surface area contributed by atoms with Gasteiger partial charge in [0.1, 0.15) is 0 Å². The van der Waals surface area contributed by atoms with Crippen LogP contribution in [-0.2, 0) is 11.2 Å². The maximum atomic E-state index is 12.0. The van der Waals surface area contributed by atoms with E-state index >= 15 is 0 Å². The molecule has 1 saturated carbocycles. The Labute approximate surface area is 106 Å². The lowest BCUT2D eigenvalue weighted by atomic mass is 10.1. The number of ketones is 1. The zero-order valence-electron chi connectivity index (χ0n) is 10.4. The molecule has 4 heteroatoms. The van der Waals surface area contributed by atoms with Crippen molar-refractivity contribution in [2.45, 2.75) is 25.3 Å². The van der Waals surface area contributed by atoms with E-state index < -0.39 is 0 Å². The molecule has 2 aliphatic rings. The van der Waals surface area contributed by atoms with E-state index in [0.717, 1.165) is 11.3 Å². The van der Waals surface area contributed by atoms with Gasteiger partial charge in [-0.1, -0.05) is 0 Å². The van der Waals surface area contributed by atoms with Crippen molar-refractivity contribution in [2.75, 3.05) is 18.5 Å². The monoisotopic (exact) mass is 244 g/mol. The number of fused-ring (bicyclic) bond motifs is 1. The molecule has 1 amide bonds. The third-order valence-electron chi connectivity index (χ3n) is 3.61. The molecule has 0 spiro atoms. The lowest BCUT2D eigenvalue weighted by Gasteiger charge is -2.10. The first kappa shape index (κ1) is 11.4. The van der Waals surface area contributed by atoms with Gasteiger partial charge in [-0.3, -0.25) is 9.59 Å². The second-order valence-corrected chi connectivity index (χ2v) is 5.05. The second-order valence-electron chi connectivity index (χ2n) is 5.05. The van der Waals surface area contributed by atoms with E-state index in [1.54, 1.807) is 11.9 Å². The summed E-state index contributed by atoms with van der Waals surface area (Å²) in [6.45, 7) is 0.396. The highest BCUT2D eigenvalue weighted by Gasteiger charge is 2.25. The summed E-state index contributed by atoms with van der Waals surface area (Å²) >= 11 is 0. The van der Waals surface area contributed by atoms with Crippen molar-refractivity contribution in [1.29, 1.82) is 0 Å². The minimum absolute atomic E-state index is 0.0886. The van der Waals surface area contributed by atoms with E-state index in [1.165, 1.54) is 12.8 Å². The number of Topliss-reactive ketones (excluding diaryl/α,β-unsaturated/α-hetero) is 1. The molecule has 0 unspecified atom stereocenters. The van der Waals surface area contributed by atoms with Crippen LogP contribution in [0.1, 0.15) is 28.8 Å². The zero-order chi connectivity index (χ0) is 12.7. The summed E-state index contributed by atoms with van der Waals surface area (Å²) in [5.41, 5.74) is 2.58. The van der Waals surface area contributed by atoms with Crippen molar-refractivity contribution in [1.82, 2.24) is 5.32 Å². The van der Waals surface area contributed by atoms with Gasteiger partial charge in [-0.05, 0) is 36.6 Å². The standard InChI is InChI=1S/C14H16N2O2/c1-16-12-5-2-9(6-10(12)7-14(16)18)13(17)8-15-11-3-4-11/h2,5-6,11,15H,3-4,7-8H2,1H3. The third kappa shape index (κ3) is 2.04. The highest BCUT2D eigenvalue weighted by atomic mass is 16.2. The number of amides is 1. The minimum Gasteiger partial charge on any atom is -0.315 e. The van der Waals surface area contributed by atoms with Crippen LogP contribution in [0.15, 0.2) is 18.2 Å². The molecule has 1 aromatic rings. The molecule has 0 saturated heterocycles. The molecule has 0 aromatic heterocycles. The van der Waals surface area contributed by atoms with Crippen molar-refractivity contribution in [2.24, 2.45) is 0 Å². The van der Waals surface area contributed by atoms with Crippen LogP contribution in [0.3, 0.4) is 0 Å². The normalized spacial score (nSPS) is 18.1. The maximum Gasteiger partial charge on any atom is 0.231 e. The van der Waals surface area contributed by atoms with Crippen molar-refractivity contribution in [3.63, 3.8) is 0 Å². The molecule has 0 bridgehead atoms. The number of nitrogens with one attached hydrogen (secondary N) is 1. The van der Waals surface area contributed by atoms with Crippen molar-refractivity contribution < 1.29 is 9.59 Å². The molecule has 1 fully saturated rings. The average Bonchev–Trinajstić information content (AvgIpc) is 3.14. The molecule has 3 rings (SSSR count). The molecule has 1 aliphatic heterocycles. The van der Waals surface area contributed by atoms with Gasteiger partial charge in [0.25, 0.3) is 0 Å². The van der Waals surface area contributed by atoms with Gasteiger partial charge in [-0.25, -0.2) is 0 Å². The molecular formula is C14H16N2O2. The number of likely N-dealkylation sites (N-methyl/N-ethyl adjacent to an activating group) is 1. The molecule has 0 atom stereocenters. The summed E-state index contributed by atoms with van der Waals surface area (Å²) in [4.78, 5) is 25.2. The van der Waals surface area contributed by atoms with E-state index in [-0.39, 0.29) is 11.7 Å². The highest BCUT2D eigenvalue weighted by molar-refractivity contribution is 6.03. The Bertz CT molecular complexity index is 521. The van der Waals surface area contributed by atoms with Crippen LogP contribution in [-0.4, -0.2) is 31.3 Å². The van der Waals surface area contributed by atoms with Gasteiger partial charge in [0.2, 0.25) is 5.91 Å². The lowest BCUT2D eigenvalue weighted by molar-refractivity contribution is -0.117. The Morgan fingerprint density at radius 3 is 2.94 bits per heavy atom. The van der Waals surface area contributed by atoms with Crippen LogP contribution < -0.4 is 10.2 Å². The summed E-state index contributed by atoms with van der Waals surface area (Å²) < 4.78 is 0. The topological polar surface area (TPSA) is 49.4 Å². The molecule has 1 heterocycles. The average molecular weight is 244 g/mol. The second kappa shape index (κ2) is 4.21. The predicted molar refractivity (Wildman–Crippen MR) is 68.9 cm³/mol. The van der Waals surface area contributed by atoms with Crippen molar-refractivity contribution in [3.05, 3.63) is 29.3 Å². The van der Waals surface area contributed by atoms with Gasteiger partial charge in [0.15, 0.2) is 5.78 Å². The van der Waals surface area contributed by atoms with Crippen molar-refractivity contribution >= 4 is 17.4 Å². The number of anilines is 1. The Balaban J connectivity index is 1.76. The Hall–Kier alpha value is -1.68. The van der Waals surface area contributed by atoms with E-state index in [9.17, 15) is 9.59 Å². The molecule has 4 nitrogen and oxygen atoms in total. The van der Waals surface area contributed by atoms with Gasteiger partial charge in [0.05, 0.1) is 13.0 Å². The van der Waals surface area contributed by atoms with Gasteiger partial charge in [0, 0.05) is 24.3 Å². The molecule has 94 valence electrons. The van der Waals surface area contributed by atoms with Crippen LogP contribution in [0, 0.1) is 0 Å². The Morgan fingerprint density at radius 2 is 2.22 bits per heavy atom. The fraction of sp³-hybridized carbons (Fsp3) is 0.429. The smallest absolute Gasteiger partial charge is 0.231 e. The first-order valence-electron chi connectivity index (χ1n) is 6.31. The highest BCUT2D eigenvalue weighted by Crippen LogP contribution is 2.28. The molecule has 1 aromatic carbocycles. The van der Waals surface area contributed by atoms with Crippen LogP contribution >= 0.6 is 0 Å². The molecule has 18 heavy (non-hydrogen) atoms. The Kier molecular flexibility index (Phi) is 2.67. The Morgan fingerprint density at radius 1 is 1.44 bits per heavy atom. The van der Waals surface area contributed by atoms with E-state index in [2.05, 4.69) is 5.32 Å². The number of benzene rings is 1. The number of carbonyl (C=O) groups is 2. The van der Waals surface area contributed by atoms with Crippen LogP contribution in [0.2, 0.25) is 0 Å². The van der Waals surface area contributed by atoms with E-state index in [1.807, 2.05) is 18.2 Å². The fourth-order valence-electron chi connectivity index (χ4n) is 2.27. The summed E-state index contributed by atoms with van der Waals surface area (Å²) in [5.74, 6) is 0.192. The zero-order valence-corrected chi connectivity index (χ0v) is 10.4. The molecule has 1 N–H and O–H groups in total. The predicted octanol–water partition coefficient (Wildman–Crippen LogP) is 1.14. The number of rotatable bonds is 4. The van der Waals surface area contributed by atoms with Gasteiger partial charge < -0.3 is 10.2 Å². The quantitative estimate of drug-likeness (QED) is 0.808. The number of carbonyl (C=O) groups excluding carboxylic acids is 2. The minimum atomic E-state index is 0.0886. The summed E-state index contributed by atoms with van der Waals surface area (Å²) in [6.07, 6.45) is 2.76. The molecule has 0 radical (unpaired) electrons.